The predicted octanol–water partition coefficient (Wildman–Crippen LogP) is 10.2. The number of benzene rings is 1. The van der Waals surface area contributed by atoms with Gasteiger partial charge in [-0.2, -0.15) is 0 Å². The highest BCUT2D eigenvalue weighted by molar-refractivity contribution is 5.86. The maximum atomic E-state index is 13.0. The van der Waals surface area contributed by atoms with Gasteiger partial charge in [0.15, 0.2) is 5.75 Å². The first kappa shape index (κ1) is 45.9. The largest absolute Gasteiger partial charge is 0.488 e. The molecule has 8 heteroatoms. The summed E-state index contributed by atoms with van der Waals surface area (Å²) in [7, 11) is 6.35. The summed E-state index contributed by atoms with van der Waals surface area (Å²) in [5.74, 6) is 0.478. The smallest absolute Gasteiger partial charge is 0.223 e. The van der Waals surface area contributed by atoms with Gasteiger partial charge >= 0.3 is 0 Å². The summed E-state index contributed by atoms with van der Waals surface area (Å²) in [6.45, 7) is 6.44. The minimum atomic E-state index is -0.00695. The van der Waals surface area contributed by atoms with Gasteiger partial charge in [-0.25, -0.2) is 0 Å². The molecule has 0 atom stereocenters. The molecule has 0 radical (unpaired) electrons. The number of nitrogens with zero attached hydrogens (tertiary/aromatic N) is 3. The van der Waals surface area contributed by atoms with Gasteiger partial charge in [-0.15, -0.1) is 37.2 Å². The summed E-state index contributed by atoms with van der Waals surface area (Å²) in [6.07, 6.45) is 24.7. The summed E-state index contributed by atoms with van der Waals surface area (Å²) < 4.78 is 8.23. The monoisotopic (exact) mass is 689 g/mol. The molecule has 1 aromatic carbocycles. The van der Waals surface area contributed by atoms with Crippen LogP contribution in [0.2, 0.25) is 0 Å². The first-order valence-corrected chi connectivity index (χ1v) is 17.2. The molecule has 0 saturated carbocycles. The number of hydrogen-bond acceptors (Lipinski definition) is 4. The Morgan fingerprint density at radius 1 is 0.667 bits per heavy atom. The molecule has 262 valence electrons. The molecule has 1 heterocycles. The minimum Gasteiger partial charge on any atom is -0.488 e. The van der Waals surface area contributed by atoms with Crippen LogP contribution < -0.4 is 10.2 Å². The molecule has 0 aliphatic carbocycles. The van der Waals surface area contributed by atoms with Crippen LogP contribution in [-0.4, -0.2) is 55.2 Å². The van der Waals surface area contributed by atoms with Crippen molar-refractivity contribution in [3.63, 3.8) is 0 Å². The van der Waals surface area contributed by atoms with E-state index in [9.17, 15) is 4.79 Å². The zero-order valence-corrected chi connectivity index (χ0v) is 31.4. The van der Waals surface area contributed by atoms with E-state index in [0.717, 1.165) is 44.7 Å². The molecule has 0 spiro atoms. The highest BCUT2D eigenvalue weighted by Gasteiger charge is 2.11. The zero-order chi connectivity index (χ0) is 30.3. The molecule has 5 nitrogen and oxygen atoms in total. The molecule has 1 aromatic heterocycles. The van der Waals surface area contributed by atoms with E-state index >= 15 is 0 Å². The van der Waals surface area contributed by atoms with E-state index in [1.807, 2.05) is 12.3 Å². The van der Waals surface area contributed by atoms with Gasteiger partial charge in [-0.3, -0.25) is 4.79 Å². The van der Waals surface area contributed by atoms with Crippen LogP contribution in [-0.2, 0) is 13.1 Å². The Morgan fingerprint density at radius 3 is 1.69 bits per heavy atom. The Morgan fingerprint density at radius 2 is 1.18 bits per heavy atom. The number of halogens is 3. The van der Waals surface area contributed by atoms with Gasteiger partial charge in [0.25, 0.3) is 0 Å². The lowest BCUT2D eigenvalue weighted by molar-refractivity contribution is 0.283. The van der Waals surface area contributed by atoms with Crippen molar-refractivity contribution in [3.8, 4) is 5.75 Å². The molecule has 2 aromatic rings. The summed E-state index contributed by atoms with van der Waals surface area (Å²) in [5, 5.41) is 0. The van der Waals surface area contributed by atoms with Gasteiger partial charge in [-0.05, 0) is 52.6 Å². The highest BCUT2D eigenvalue weighted by atomic mass is 35.5. The standard InChI is InChI=1S/C37H63N3O2.3ClH/c1-5-6-7-8-9-10-11-12-13-14-15-16-17-18-19-23-29-42-37-33-40(31-34-25-21-20-22-26-34)35(30-36(37)41)32-39(4)28-24-27-38(2)3;;;/h20-22,25-26,30,33H,5-19,23-24,27-29,31-32H2,1-4H3;3*1H. The average molecular weight is 691 g/mol. The Kier molecular flexibility index (Phi) is 30.7. The van der Waals surface area contributed by atoms with Crippen molar-refractivity contribution in [2.45, 2.75) is 129 Å². The van der Waals surface area contributed by atoms with Crippen LogP contribution in [0.1, 0.15) is 127 Å². The molecule has 2 rings (SSSR count). The molecular formula is C37H66Cl3N3O2. The average Bonchev–Trinajstić information content (AvgIpc) is 2.97. The van der Waals surface area contributed by atoms with Crippen molar-refractivity contribution < 1.29 is 4.74 Å². The van der Waals surface area contributed by atoms with Crippen molar-refractivity contribution in [3.05, 3.63) is 64.1 Å². The first-order chi connectivity index (χ1) is 20.5. The number of aromatic nitrogens is 1. The quantitative estimate of drug-likeness (QED) is 0.0921. The molecule has 0 unspecified atom stereocenters. The molecule has 0 saturated heterocycles. The molecule has 0 aliphatic heterocycles. The maximum Gasteiger partial charge on any atom is 0.223 e. The number of hydrogen-bond donors (Lipinski definition) is 0. The number of pyridine rings is 1. The van der Waals surface area contributed by atoms with Crippen molar-refractivity contribution in [1.29, 1.82) is 0 Å². The van der Waals surface area contributed by atoms with Crippen LogP contribution in [0.4, 0.5) is 0 Å². The van der Waals surface area contributed by atoms with Gasteiger partial charge in [0, 0.05) is 24.8 Å². The van der Waals surface area contributed by atoms with Crippen LogP contribution >= 0.6 is 37.2 Å². The van der Waals surface area contributed by atoms with Gasteiger partial charge in [0.2, 0.25) is 5.43 Å². The minimum absolute atomic E-state index is 0. The normalized spacial score (nSPS) is 10.8. The van der Waals surface area contributed by atoms with Crippen molar-refractivity contribution >= 4 is 37.2 Å². The summed E-state index contributed by atoms with van der Waals surface area (Å²) in [5.41, 5.74) is 2.25. The fourth-order valence-corrected chi connectivity index (χ4v) is 5.61. The second-order valence-electron chi connectivity index (χ2n) is 12.7. The molecule has 0 bridgehead atoms. The lowest BCUT2D eigenvalue weighted by atomic mass is 10.0. The van der Waals surface area contributed by atoms with E-state index in [4.69, 9.17) is 4.74 Å². The third kappa shape index (κ3) is 22.8. The van der Waals surface area contributed by atoms with E-state index in [1.165, 1.54) is 102 Å². The third-order valence-corrected chi connectivity index (χ3v) is 8.21. The fraction of sp³-hybridized carbons (Fsp3) is 0.703. The van der Waals surface area contributed by atoms with E-state index < -0.39 is 0 Å². The second-order valence-corrected chi connectivity index (χ2v) is 12.7. The van der Waals surface area contributed by atoms with Crippen LogP contribution in [0.3, 0.4) is 0 Å². The van der Waals surface area contributed by atoms with Crippen LogP contribution in [0.15, 0.2) is 47.4 Å². The molecule has 45 heavy (non-hydrogen) atoms. The van der Waals surface area contributed by atoms with E-state index in [2.05, 4.69) is 66.7 Å². The van der Waals surface area contributed by atoms with Crippen LogP contribution in [0.5, 0.6) is 5.75 Å². The van der Waals surface area contributed by atoms with Crippen LogP contribution in [0.25, 0.3) is 0 Å². The summed E-state index contributed by atoms with van der Waals surface area (Å²) in [4.78, 5) is 17.5. The van der Waals surface area contributed by atoms with E-state index in [0.29, 0.717) is 12.4 Å². The zero-order valence-electron chi connectivity index (χ0n) is 29.0. The molecule has 0 fully saturated rings. The van der Waals surface area contributed by atoms with E-state index in [1.54, 1.807) is 6.07 Å². The van der Waals surface area contributed by atoms with Gasteiger partial charge in [0.05, 0.1) is 12.8 Å². The van der Waals surface area contributed by atoms with Crippen molar-refractivity contribution in [1.82, 2.24) is 14.4 Å². The highest BCUT2D eigenvalue weighted by Crippen LogP contribution is 2.15. The lowest BCUT2D eigenvalue weighted by Gasteiger charge is -2.22. The van der Waals surface area contributed by atoms with Gasteiger partial charge < -0.3 is 19.1 Å². The molecule has 0 amide bonds. The van der Waals surface area contributed by atoms with Gasteiger partial charge in [0.1, 0.15) is 0 Å². The van der Waals surface area contributed by atoms with Crippen molar-refractivity contribution in [2.75, 3.05) is 40.8 Å². The number of rotatable bonds is 26. The number of unbranched alkanes of at least 4 members (excludes halogenated alkanes) is 15. The molecule has 0 N–H and O–H groups in total. The first-order valence-electron chi connectivity index (χ1n) is 17.2. The third-order valence-electron chi connectivity index (χ3n) is 8.21. The SMILES string of the molecule is CCCCCCCCCCCCCCCCCCOc1cn(Cc2ccccc2)c(CN(C)CCCN(C)C)cc1=O.Cl.Cl.Cl. The lowest BCUT2D eigenvalue weighted by Crippen LogP contribution is -2.26. The summed E-state index contributed by atoms with van der Waals surface area (Å²) >= 11 is 0. The Hall–Kier alpha value is -1.24. The van der Waals surface area contributed by atoms with Crippen molar-refractivity contribution in [2.24, 2.45) is 0 Å². The Balaban J connectivity index is 0. The second kappa shape index (κ2) is 30.1. The fourth-order valence-electron chi connectivity index (χ4n) is 5.61. The van der Waals surface area contributed by atoms with E-state index in [-0.39, 0.29) is 42.6 Å². The van der Waals surface area contributed by atoms with Gasteiger partial charge in [-0.1, -0.05) is 134 Å². The number of ether oxygens (including phenoxy) is 1. The maximum absolute atomic E-state index is 13.0. The predicted molar refractivity (Wildman–Crippen MR) is 203 cm³/mol. The topological polar surface area (TPSA) is 37.7 Å². The Bertz CT molecular complexity index is 989. The van der Waals surface area contributed by atoms with Crippen LogP contribution in [0, 0.1) is 0 Å². The summed E-state index contributed by atoms with van der Waals surface area (Å²) in [6, 6.07) is 12.2. The molecule has 0 aliphatic rings. The Labute approximate surface area is 295 Å². The molecular weight excluding hydrogens is 625 g/mol.